The summed E-state index contributed by atoms with van der Waals surface area (Å²) < 4.78 is 6.15. The van der Waals surface area contributed by atoms with Crippen LogP contribution in [0.25, 0.3) is 49.8 Å². The Hall–Kier alpha value is -6.90. The zero-order chi connectivity index (χ0) is 42.4. The summed E-state index contributed by atoms with van der Waals surface area (Å²) in [6.45, 7) is 11.5. The molecule has 0 amide bonds. The van der Waals surface area contributed by atoms with Gasteiger partial charge in [-0.05, 0) is 82.8 Å². The molecule has 12 rings (SSSR count). The Bertz CT molecular complexity index is 3110. The number of hydrogen-bond acceptors (Lipinski definition) is 1. The molecule has 3 aliphatic rings. The van der Waals surface area contributed by atoms with Crippen LogP contribution < -0.4 is 16.4 Å². The van der Waals surface area contributed by atoms with Crippen LogP contribution >= 0.6 is 0 Å². The molecule has 0 spiro atoms. The van der Waals surface area contributed by atoms with Crippen molar-refractivity contribution in [1.29, 1.82) is 0 Å². The van der Waals surface area contributed by atoms with Crippen LogP contribution in [0, 0.1) is 26.7 Å². The molecule has 0 saturated carbocycles. The van der Waals surface area contributed by atoms with Gasteiger partial charge in [-0.15, -0.1) is 0 Å². The second-order valence-electron chi connectivity index (χ2n) is 17.9. The molecule has 8 aromatic carbocycles. The van der Waals surface area contributed by atoms with Gasteiger partial charge >= 0.3 is 0 Å². The number of para-hydroxylation sites is 1. The standard InChI is InChI=1S/C25H17BO.C22H22.C13H12/c1-16-10-12-17(13-11-16)26-22-8-4-2-6-18(22)20-15-25-21(14-23(20)26)19-7-3-5-9-24(19)27-25;1-15-12-13-18-19-11-7-10-17(16-8-5-4-6-9-16)21(19)22(2,3)20(18)14-15;1-11-7-9-13(10-8-11)12-5-3-2-4-6-12/h2-15H,1H3;4-14,19,21H,1-3H3;2-10H,1H3. The second kappa shape index (κ2) is 16.2. The quantitative estimate of drug-likeness (QED) is 0.162. The summed E-state index contributed by atoms with van der Waals surface area (Å²) >= 11 is 0. The van der Waals surface area contributed by atoms with E-state index in [-0.39, 0.29) is 12.1 Å². The van der Waals surface area contributed by atoms with Crippen LogP contribution in [-0.2, 0) is 5.41 Å². The highest BCUT2D eigenvalue weighted by atomic mass is 16.3. The third kappa shape index (κ3) is 7.14. The van der Waals surface area contributed by atoms with E-state index in [2.05, 4.69) is 223 Å². The average molecular weight is 799 g/mol. The molecule has 300 valence electrons. The van der Waals surface area contributed by atoms with Crippen LogP contribution in [0.2, 0.25) is 0 Å². The van der Waals surface area contributed by atoms with Gasteiger partial charge in [-0.1, -0.05) is 241 Å². The highest BCUT2D eigenvalue weighted by Gasteiger charge is 2.47. The Morgan fingerprint density at radius 1 is 0.484 bits per heavy atom. The van der Waals surface area contributed by atoms with Crippen molar-refractivity contribution in [1.82, 2.24) is 0 Å². The molecule has 2 aliphatic carbocycles. The molecule has 0 saturated heterocycles. The Morgan fingerprint density at radius 3 is 1.84 bits per heavy atom. The van der Waals surface area contributed by atoms with E-state index in [0.717, 1.165) is 11.2 Å². The van der Waals surface area contributed by atoms with Gasteiger partial charge in [-0.25, -0.2) is 0 Å². The van der Waals surface area contributed by atoms with Crippen LogP contribution in [0.3, 0.4) is 0 Å². The van der Waals surface area contributed by atoms with Crippen LogP contribution in [-0.4, -0.2) is 6.71 Å². The van der Waals surface area contributed by atoms with E-state index in [1.54, 1.807) is 0 Å². The first-order chi connectivity index (χ1) is 30.2. The molecule has 2 unspecified atom stereocenters. The first-order valence-corrected chi connectivity index (χ1v) is 22.0. The summed E-state index contributed by atoms with van der Waals surface area (Å²) in [5.41, 5.74) is 21.2. The van der Waals surface area contributed by atoms with Gasteiger partial charge in [0.25, 0.3) is 0 Å². The molecule has 1 nitrogen and oxygen atoms in total. The minimum absolute atomic E-state index is 0.165. The first-order valence-electron chi connectivity index (χ1n) is 22.0. The van der Waals surface area contributed by atoms with Crippen molar-refractivity contribution in [2.75, 3.05) is 0 Å². The minimum atomic E-state index is 0.165. The average Bonchev–Trinajstić information content (AvgIpc) is 3.91. The van der Waals surface area contributed by atoms with E-state index in [0.29, 0.717) is 11.8 Å². The van der Waals surface area contributed by atoms with Crippen LogP contribution in [0.1, 0.15) is 53.1 Å². The maximum Gasteiger partial charge on any atom is 0.242 e. The van der Waals surface area contributed by atoms with Gasteiger partial charge in [0.15, 0.2) is 0 Å². The zero-order valence-corrected chi connectivity index (χ0v) is 36.3. The first kappa shape index (κ1) is 39.3. The second-order valence-corrected chi connectivity index (χ2v) is 17.9. The number of allylic oxidation sites excluding steroid dienone is 4. The predicted octanol–water partition coefficient (Wildman–Crippen LogP) is 13.7. The number of furan rings is 1. The van der Waals surface area contributed by atoms with E-state index in [1.807, 2.05) is 18.2 Å². The van der Waals surface area contributed by atoms with E-state index in [1.165, 1.54) is 88.4 Å². The molecule has 1 aliphatic heterocycles. The molecule has 0 fully saturated rings. The topological polar surface area (TPSA) is 13.1 Å². The molecule has 0 N–H and O–H groups in total. The van der Waals surface area contributed by atoms with E-state index >= 15 is 0 Å². The number of fused-ring (bicyclic) bond motifs is 9. The summed E-state index contributed by atoms with van der Waals surface area (Å²) in [5, 5.41) is 2.39. The smallest absolute Gasteiger partial charge is 0.242 e. The summed E-state index contributed by atoms with van der Waals surface area (Å²) in [6.07, 6.45) is 6.95. The number of rotatable bonds is 3. The normalized spacial score (nSPS) is 16.3. The Morgan fingerprint density at radius 2 is 1.10 bits per heavy atom. The van der Waals surface area contributed by atoms with Crippen molar-refractivity contribution in [3.63, 3.8) is 0 Å². The van der Waals surface area contributed by atoms with Crippen molar-refractivity contribution < 1.29 is 4.42 Å². The lowest BCUT2D eigenvalue weighted by molar-refractivity contribution is 0.406. The number of aryl methyl sites for hydroxylation is 3. The summed E-state index contributed by atoms with van der Waals surface area (Å²) in [7, 11) is 0. The van der Waals surface area contributed by atoms with E-state index < -0.39 is 0 Å². The maximum absolute atomic E-state index is 6.15. The Labute approximate surface area is 367 Å². The van der Waals surface area contributed by atoms with Gasteiger partial charge in [0.05, 0.1) is 0 Å². The van der Waals surface area contributed by atoms with Crippen LogP contribution in [0.4, 0.5) is 0 Å². The van der Waals surface area contributed by atoms with Crippen molar-refractivity contribution in [2.45, 2.75) is 46.0 Å². The maximum atomic E-state index is 6.15. The van der Waals surface area contributed by atoms with E-state index in [4.69, 9.17) is 4.42 Å². The molecule has 1 aromatic heterocycles. The molecule has 2 atom stereocenters. The highest BCUT2D eigenvalue weighted by Crippen LogP contribution is 2.57. The van der Waals surface area contributed by atoms with Gasteiger partial charge < -0.3 is 4.42 Å². The molecule has 2 heteroatoms. The monoisotopic (exact) mass is 798 g/mol. The predicted molar refractivity (Wildman–Crippen MR) is 266 cm³/mol. The fourth-order valence-electron chi connectivity index (χ4n) is 10.3. The largest absolute Gasteiger partial charge is 0.456 e. The third-order valence-corrected chi connectivity index (χ3v) is 13.4. The molecular weight excluding hydrogens is 747 g/mol. The summed E-state index contributed by atoms with van der Waals surface area (Å²) in [5.74, 6) is 1.03. The van der Waals surface area contributed by atoms with Crippen LogP contribution in [0.15, 0.2) is 211 Å². The fraction of sp³-hybridized carbons (Fsp3) is 0.133. The lowest BCUT2D eigenvalue weighted by Gasteiger charge is -2.34. The van der Waals surface area contributed by atoms with Crippen LogP contribution in [0.5, 0.6) is 0 Å². The van der Waals surface area contributed by atoms with Crippen molar-refractivity contribution in [3.8, 4) is 22.3 Å². The summed E-state index contributed by atoms with van der Waals surface area (Å²) in [4.78, 5) is 0. The molecule has 9 aromatic rings. The van der Waals surface area contributed by atoms with Crippen molar-refractivity contribution in [3.05, 3.63) is 240 Å². The molecule has 0 bridgehead atoms. The van der Waals surface area contributed by atoms with E-state index in [9.17, 15) is 0 Å². The lowest BCUT2D eigenvalue weighted by atomic mass is 9.39. The molecule has 62 heavy (non-hydrogen) atoms. The fourth-order valence-corrected chi connectivity index (χ4v) is 10.3. The number of benzene rings is 8. The zero-order valence-electron chi connectivity index (χ0n) is 36.3. The van der Waals surface area contributed by atoms with Gasteiger partial charge in [0.2, 0.25) is 6.71 Å². The Kier molecular flexibility index (Phi) is 10.2. The molecule has 0 radical (unpaired) electrons. The van der Waals surface area contributed by atoms with Gasteiger partial charge in [-0.3, -0.25) is 0 Å². The molecular formula is C60H51BO. The van der Waals surface area contributed by atoms with Crippen molar-refractivity contribution in [2.24, 2.45) is 5.92 Å². The Balaban J connectivity index is 0.000000118. The van der Waals surface area contributed by atoms with Gasteiger partial charge in [0.1, 0.15) is 11.2 Å². The molecule has 2 heterocycles. The number of hydrogen-bond donors (Lipinski definition) is 0. The van der Waals surface area contributed by atoms with Crippen molar-refractivity contribution >= 4 is 50.6 Å². The van der Waals surface area contributed by atoms with Gasteiger partial charge in [-0.2, -0.15) is 0 Å². The van der Waals surface area contributed by atoms with Gasteiger partial charge in [0, 0.05) is 22.6 Å². The summed E-state index contributed by atoms with van der Waals surface area (Å²) in [6, 6.07) is 67.5. The lowest BCUT2D eigenvalue weighted by Crippen LogP contribution is -2.48. The minimum Gasteiger partial charge on any atom is -0.456 e. The SMILES string of the molecule is Cc1ccc(-c2ccccc2)cc1.Cc1ccc(B2c3ccccc3-c3cc4oc5ccccc5c4cc32)cc1.Cc1ccc2c(c1)C(C)(C)C1C(c3ccccc3)=CC=CC21. The highest BCUT2D eigenvalue weighted by molar-refractivity contribution is 6.99. The third-order valence-electron chi connectivity index (χ3n) is 13.4.